The predicted octanol–water partition coefficient (Wildman–Crippen LogP) is 4.84. The molecule has 150 valence electrons. The lowest BCUT2D eigenvalue weighted by molar-refractivity contribution is -0.112. The van der Waals surface area contributed by atoms with Crippen molar-refractivity contribution in [3.63, 3.8) is 0 Å². The van der Waals surface area contributed by atoms with Gasteiger partial charge in [-0.05, 0) is 54.8 Å². The van der Waals surface area contributed by atoms with E-state index in [2.05, 4.69) is 10.6 Å². The van der Waals surface area contributed by atoms with Crippen molar-refractivity contribution in [2.75, 3.05) is 12.4 Å². The standard InChI is InChI=1S/C23H24N2O3S/c1-28-18-10-7-15(8-11-18)13-21-23(27)25-19-14-16(9-12-20(19)29-21)22(26)24-17-5-3-2-4-6-17/h7-14,17H,2-6H2,1H3,(H,24,26)(H,25,27)/b21-13+. The zero-order valence-corrected chi connectivity index (χ0v) is 17.2. The van der Waals surface area contributed by atoms with Gasteiger partial charge in [0.2, 0.25) is 0 Å². The number of rotatable bonds is 4. The maximum absolute atomic E-state index is 12.6. The third-order valence-electron chi connectivity index (χ3n) is 5.29. The van der Waals surface area contributed by atoms with E-state index in [9.17, 15) is 9.59 Å². The van der Waals surface area contributed by atoms with Crippen LogP contribution in [0.2, 0.25) is 0 Å². The van der Waals surface area contributed by atoms with Crippen LogP contribution in [0.5, 0.6) is 5.75 Å². The fourth-order valence-corrected chi connectivity index (χ4v) is 4.60. The van der Waals surface area contributed by atoms with Crippen LogP contribution in [0.15, 0.2) is 52.3 Å². The van der Waals surface area contributed by atoms with Gasteiger partial charge in [-0.2, -0.15) is 0 Å². The fourth-order valence-electron chi connectivity index (χ4n) is 3.67. The summed E-state index contributed by atoms with van der Waals surface area (Å²) in [7, 11) is 1.62. The number of amides is 2. The molecule has 0 radical (unpaired) electrons. The number of hydrogen-bond acceptors (Lipinski definition) is 4. The molecule has 2 N–H and O–H groups in total. The minimum absolute atomic E-state index is 0.0708. The van der Waals surface area contributed by atoms with E-state index in [0.29, 0.717) is 16.2 Å². The topological polar surface area (TPSA) is 67.4 Å². The molecular formula is C23H24N2O3S. The van der Waals surface area contributed by atoms with E-state index in [4.69, 9.17) is 4.74 Å². The van der Waals surface area contributed by atoms with Crippen molar-refractivity contribution in [3.05, 3.63) is 58.5 Å². The lowest BCUT2D eigenvalue weighted by Crippen LogP contribution is -2.36. The van der Waals surface area contributed by atoms with Crippen LogP contribution in [0.3, 0.4) is 0 Å². The predicted molar refractivity (Wildman–Crippen MR) is 116 cm³/mol. The minimum Gasteiger partial charge on any atom is -0.497 e. The first-order chi connectivity index (χ1) is 14.1. The summed E-state index contributed by atoms with van der Waals surface area (Å²) in [5.74, 6) is 0.541. The molecule has 29 heavy (non-hydrogen) atoms. The summed E-state index contributed by atoms with van der Waals surface area (Å²) in [6.45, 7) is 0. The van der Waals surface area contributed by atoms with E-state index in [1.807, 2.05) is 42.5 Å². The van der Waals surface area contributed by atoms with Gasteiger partial charge >= 0.3 is 0 Å². The molecule has 1 saturated carbocycles. The summed E-state index contributed by atoms with van der Waals surface area (Å²) < 4.78 is 5.17. The molecule has 4 rings (SSSR count). The quantitative estimate of drug-likeness (QED) is 0.710. The molecule has 0 atom stereocenters. The van der Waals surface area contributed by atoms with Crippen LogP contribution in [-0.2, 0) is 4.79 Å². The average molecular weight is 409 g/mol. The Morgan fingerprint density at radius 2 is 1.90 bits per heavy atom. The Hall–Kier alpha value is -2.73. The molecule has 2 amide bonds. The molecule has 0 aromatic heterocycles. The van der Waals surface area contributed by atoms with E-state index < -0.39 is 0 Å². The number of carbonyl (C=O) groups excluding carboxylic acids is 2. The summed E-state index contributed by atoms with van der Waals surface area (Å²) in [4.78, 5) is 26.7. The van der Waals surface area contributed by atoms with Gasteiger partial charge in [-0.1, -0.05) is 43.2 Å². The molecule has 6 heteroatoms. The highest BCUT2D eigenvalue weighted by Crippen LogP contribution is 2.39. The van der Waals surface area contributed by atoms with Crippen LogP contribution in [0.4, 0.5) is 5.69 Å². The maximum Gasteiger partial charge on any atom is 0.262 e. The van der Waals surface area contributed by atoms with Gasteiger partial charge in [0, 0.05) is 16.5 Å². The smallest absolute Gasteiger partial charge is 0.262 e. The monoisotopic (exact) mass is 408 g/mol. The zero-order valence-electron chi connectivity index (χ0n) is 16.4. The van der Waals surface area contributed by atoms with Crippen molar-refractivity contribution in [3.8, 4) is 5.75 Å². The fraction of sp³-hybridized carbons (Fsp3) is 0.304. The molecule has 1 aliphatic heterocycles. The molecule has 5 nitrogen and oxygen atoms in total. The summed E-state index contributed by atoms with van der Waals surface area (Å²) in [5.41, 5.74) is 2.19. The van der Waals surface area contributed by atoms with Gasteiger partial charge in [0.1, 0.15) is 5.75 Å². The number of nitrogens with one attached hydrogen (secondary N) is 2. The zero-order chi connectivity index (χ0) is 20.2. The molecule has 0 bridgehead atoms. The van der Waals surface area contributed by atoms with E-state index in [1.165, 1.54) is 31.0 Å². The second-order valence-electron chi connectivity index (χ2n) is 7.36. The molecular weight excluding hydrogens is 384 g/mol. The van der Waals surface area contributed by atoms with Gasteiger partial charge < -0.3 is 15.4 Å². The van der Waals surface area contributed by atoms with Gasteiger partial charge in [0.05, 0.1) is 17.7 Å². The number of carbonyl (C=O) groups is 2. The normalized spacial score (nSPS) is 18.1. The van der Waals surface area contributed by atoms with Crippen LogP contribution in [0, 0.1) is 0 Å². The first-order valence-corrected chi connectivity index (χ1v) is 10.7. The number of hydrogen-bond donors (Lipinski definition) is 2. The number of methoxy groups -OCH3 is 1. The van der Waals surface area contributed by atoms with E-state index in [-0.39, 0.29) is 17.9 Å². The summed E-state index contributed by atoms with van der Waals surface area (Å²) in [5, 5.41) is 6.04. The molecule has 0 unspecified atom stereocenters. The van der Waals surface area contributed by atoms with E-state index >= 15 is 0 Å². The van der Waals surface area contributed by atoms with Crippen LogP contribution in [0.25, 0.3) is 6.08 Å². The Morgan fingerprint density at radius 3 is 2.62 bits per heavy atom. The molecule has 0 saturated heterocycles. The molecule has 1 fully saturated rings. The van der Waals surface area contributed by atoms with Gasteiger partial charge in [-0.15, -0.1) is 0 Å². The number of benzene rings is 2. The molecule has 1 aliphatic carbocycles. The first kappa shape index (κ1) is 19.6. The highest BCUT2D eigenvalue weighted by Gasteiger charge is 2.23. The molecule has 2 aromatic carbocycles. The Labute approximate surface area is 174 Å². The van der Waals surface area contributed by atoms with Gasteiger partial charge in [-0.3, -0.25) is 9.59 Å². The van der Waals surface area contributed by atoms with Crippen molar-refractivity contribution in [2.24, 2.45) is 0 Å². The number of anilines is 1. The number of thioether (sulfide) groups is 1. The van der Waals surface area contributed by atoms with Crippen LogP contribution in [0.1, 0.15) is 48.0 Å². The number of fused-ring (bicyclic) bond motifs is 1. The molecule has 2 aromatic rings. The molecule has 2 aliphatic rings. The van der Waals surface area contributed by atoms with Crippen molar-refractivity contribution in [1.29, 1.82) is 0 Å². The van der Waals surface area contributed by atoms with Crippen molar-refractivity contribution >= 4 is 35.3 Å². The van der Waals surface area contributed by atoms with E-state index in [0.717, 1.165) is 29.1 Å². The Kier molecular flexibility index (Phi) is 5.90. The first-order valence-electron chi connectivity index (χ1n) is 9.92. The Bertz CT molecular complexity index is 947. The third-order valence-corrected chi connectivity index (χ3v) is 6.39. The SMILES string of the molecule is COc1ccc(/C=C2/Sc3ccc(C(=O)NC4CCCCC4)cc3NC2=O)cc1. The van der Waals surface area contributed by atoms with Crippen LogP contribution >= 0.6 is 11.8 Å². The highest BCUT2D eigenvalue weighted by molar-refractivity contribution is 8.04. The Morgan fingerprint density at radius 1 is 1.14 bits per heavy atom. The van der Waals surface area contributed by atoms with E-state index in [1.54, 1.807) is 13.2 Å². The van der Waals surface area contributed by atoms with Gasteiger partial charge in [0.25, 0.3) is 11.8 Å². The summed E-state index contributed by atoms with van der Waals surface area (Å²) in [6, 6.07) is 13.3. The van der Waals surface area contributed by atoms with Crippen LogP contribution < -0.4 is 15.4 Å². The lowest BCUT2D eigenvalue weighted by atomic mass is 9.95. The lowest BCUT2D eigenvalue weighted by Gasteiger charge is -2.23. The van der Waals surface area contributed by atoms with Gasteiger partial charge in [0.15, 0.2) is 0 Å². The van der Waals surface area contributed by atoms with Crippen molar-refractivity contribution in [1.82, 2.24) is 5.32 Å². The molecule has 1 heterocycles. The van der Waals surface area contributed by atoms with Crippen molar-refractivity contribution < 1.29 is 14.3 Å². The van der Waals surface area contributed by atoms with Gasteiger partial charge in [-0.25, -0.2) is 0 Å². The largest absolute Gasteiger partial charge is 0.497 e. The van der Waals surface area contributed by atoms with Crippen molar-refractivity contribution in [2.45, 2.75) is 43.0 Å². The Balaban J connectivity index is 1.48. The van der Waals surface area contributed by atoms with Crippen LogP contribution in [-0.4, -0.2) is 25.0 Å². The average Bonchev–Trinajstić information content (AvgIpc) is 2.75. The maximum atomic E-state index is 12.6. The number of ether oxygens (including phenoxy) is 1. The second-order valence-corrected chi connectivity index (χ2v) is 8.44. The minimum atomic E-state index is -0.164. The summed E-state index contributed by atoms with van der Waals surface area (Å²) in [6.07, 6.45) is 7.54. The third kappa shape index (κ3) is 4.65. The highest BCUT2D eigenvalue weighted by atomic mass is 32.2. The summed E-state index contributed by atoms with van der Waals surface area (Å²) >= 11 is 1.41. The second kappa shape index (κ2) is 8.74. The molecule has 0 spiro atoms.